The van der Waals surface area contributed by atoms with Gasteiger partial charge in [-0.2, -0.15) is 0 Å². The summed E-state index contributed by atoms with van der Waals surface area (Å²) in [6.07, 6.45) is -0.206. The molecule has 0 spiro atoms. The van der Waals surface area contributed by atoms with E-state index in [9.17, 15) is 4.79 Å². The minimum atomic E-state index is -0.971. The zero-order valence-electron chi connectivity index (χ0n) is 7.64. The highest BCUT2D eigenvalue weighted by atomic mass is 35.5. The number of pyridine rings is 1. The molecule has 0 saturated carbocycles. The molecule has 0 saturated heterocycles. The fourth-order valence-corrected chi connectivity index (χ4v) is 1.69. The van der Waals surface area contributed by atoms with Gasteiger partial charge in [0.25, 0.3) is 0 Å². The summed E-state index contributed by atoms with van der Waals surface area (Å²) in [5.41, 5.74) is 6.34. The maximum absolute atomic E-state index is 10.6. The smallest absolute Gasteiger partial charge is 0.311 e. The number of carboxylic acids is 1. The molecule has 0 amide bonds. The van der Waals surface area contributed by atoms with Crippen molar-refractivity contribution < 1.29 is 9.90 Å². The van der Waals surface area contributed by atoms with E-state index in [4.69, 9.17) is 22.4 Å². The second-order valence-corrected chi connectivity index (χ2v) is 3.42. The van der Waals surface area contributed by atoms with Crippen LogP contribution >= 0.6 is 11.6 Å². The summed E-state index contributed by atoms with van der Waals surface area (Å²) in [5, 5.41) is 8.95. The van der Waals surface area contributed by atoms with Gasteiger partial charge >= 0.3 is 5.97 Å². The molecule has 2 aromatic rings. The minimum absolute atomic E-state index is 0.206. The summed E-state index contributed by atoms with van der Waals surface area (Å²) in [4.78, 5) is 14.6. The number of anilines is 1. The Bertz CT molecular complexity index is 535. The van der Waals surface area contributed by atoms with Gasteiger partial charge in [0.2, 0.25) is 0 Å². The van der Waals surface area contributed by atoms with Crippen molar-refractivity contribution in [2.45, 2.75) is 6.42 Å². The van der Waals surface area contributed by atoms with Crippen LogP contribution < -0.4 is 5.73 Å². The van der Waals surface area contributed by atoms with Crippen molar-refractivity contribution in [3.63, 3.8) is 0 Å². The summed E-state index contributed by atoms with van der Waals surface area (Å²) in [5.74, 6) is -0.217. The van der Waals surface area contributed by atoms with E-state index in [-0.39, 0.29) is 11.6 Å². The number of hydrogen-bond acceptors (Lipinski definition) is 3. The van der Waals surface area contributed by atoms with Crippen LogP contribution in [0.5, 0.6) is 0 Å². The molecule has 0 unspecified atom stereocenters. The highest BCUT2D eigenvalue weighted by molar-refractivity contribution is 6.32. The molecular formula is C9H8ClN3O2. The Labute approximate surface area is 90.1 Å². The topological polar surface area (TPSA) is 80.6 Å². The van der Waals surface area contributed by atoms with Crippen molar-refractivity contribution in [1.29, 1.82) is 0 Å². The van der Waals surface area contributed by atoms with Gasteiger partial charge in [-0.05, 0) is 12.1 Å². The largest absolute Gasteiger partial charge is 0.481 e. The molecule has 0 fully saturated rings. The van der Waals surface area contributed by atoms with Crippen LogP contribution in [-0.2, 0) is 11.2 Å². The third-order valence-electron chi connectivity index (χ3n) is 2.03. The number of aliphatic carboxylic acids is 1. The monoisotopic (exact) mass is 225 g/mol. The van der Waals surface area contributed by atoms with Gasteiger partial charge in [0.1, 0.15) is 18.1 Å². The van der Waals surface area contributed by atoms with E-state index in [0.717, 1.165) is 0 Å². The minimum Gasteiger partial charge on any atom is -0.481 e. The van der Waals surface area contributed by atoms with Gasteiger partial charge < -0.3 is 10.8 Å². The van der Waals surface area contributed by atoms with E-state index < -0.39 is 5.97 Å². The molecule has 0 atom stereocenters. The molecule has 78 valence electrons. The number of carboxylic acid groups (broad SMARTS) is 1. The summed E-state index contributed by atoms with van der Waals surface area (Å²) >= 11 is 5.85. The predicted molar refractivity (Wildman–Crippen MR) is 56.0 cm³/mol. The predicted octanol–water partition coefficient (Wildman–Crippen LogP) is 1.20. The van der Waals surface area contributed by atoms with Gasteiger partial charge in [-0.3, -0.25) is 9.20 Å². The lowest BCUT2D eigenvalue weighted by Crippen LogP contribution is -2.07. The van der Waals surface area contributed by atoms with Gasteiger partial charge in [-0.15, -0.1) is 0 Å². The molecule has 0 radical (unpaired) electrons. The van der Waals surface area contributed by atoms with Crippen LogP contribution in [0.15, 0.2) is 18.2 Å². The molecule has 15 heavy (non-hydrogen) atoms. The fourth-order valence-electron chi connectivity index (χ4n) is 1.45. The van der Waals surface area contributed by atoms with Crippen LogP contribution in [0.1, 0.15) is 5.82 Å². The lowest BCUT2D eigenvalue weighted by molar-refractivity contribution is -0.136. The molecule has 5 nitrogen and oxygen atoms in total. The molecule has 0 aliphatic heterocycles. The molecule has 0 aliphatic rings. The maximum Gasteiger partial charge on any atom is 0.311 e. The van der Waals surface area contributed by atoms with E-state index in [1.54, 1.807) is 18.2 Å². The van der Waals surface area contributed by atoms with Gasteiger partial charge in [0.15, 0.2) is 5.15 Å². The van der Waals surface area contributed by atoms with Gasteiger partial charge in [-0.1, -0.05) is 17.7 Å². The lowest BCUT2D eigenvalue weighted by Gasteiger charge is -2.01. The number of carbonyl (C=O) groups is 1. The molecule has 2 aromatic heterocycles. The third kappa shape index (κ3) is 1.61. The van der Waals surface area contributed by atoms with Crippen molar-refractivity contribution in [2.24, 2.45) is 0 Å². The van der Waals surface area contributed by atoms with Crippen LogP contribution in [0, 0.1) is 0 Å². The number of imidazole rings is 1. The number of nitrogens with zero attached hydrogens (tertiary/aromatic N) is 2. The Morgan fingerprint density at radius 3 is 3.00 bits per heavy atom. The summed E-state index contributed by atoms with van der Waals surface area (Å²) in [6, 6.07) is 5.14. The average molecular weight is 226 g/mol. The number of rotatable bonds is 2. The molecule has 2 heterocycles. The number of aromatic nitrogens is 2. The number of hydrogen-bond donors (Lipinski definition) is 2. The standard InChI is InChI=1S/C9H8ClN3O2/c10-9-5-2-1-3-6(11)13(5)7(12-9)4-8(14)15/h1-3H,4,11H2,(H,14,15). The van der Waals surface area contributed by atoms with Crippen molar-refractivity contribution in [1.82, 2.24) is 9.38 Å². The molecule has 3 N–H and O–H groups in total. The van der Waals surface area contributed by atoms with E-state index in [0.29, 0.717) is 17.2 Å². The van der Waals surface area contributed by atoms with Crippen LogP contribution in [0.4, 0.5) is 5.82 Å². The molecule has 2 rings (SSSR count). The van der Waals surface area contributed by atoms with E-state index in [2.05, 4.69) is 4.98 Å². The first-order valence-corrected chi connectivity index (χ1v) is 4.60. The quantitative estimate of drug-likeness (QED) is 0.805. The molecular weight excluding hydrogens is 218 g/mol. The lowest BCUT2D eigenvalue weighted by atomic mass is 10.3. The Morgan fingerprint density at radius 1 is 1.60 bits per heavy atom. The molecule has 0 bridgehead atoms. The number of nitrogens with two attached hydrogens (primary N) is 1. The highest BCUT2D eigenvalue weighted by Gasteiger charge is 2.13. The molecule has 0 aliphatic carbocycles. The first-order valence-electron chi connectivity index (χ1n) is 4.22. The summed E-state index contributed by atoms with van der Waals surface area (Å²) in [7, 11) is 0. The molecule has 0 aromatic carbocycles. The zero-order valence-corrected chi connectivity index (χ0v) is 8.40. The van der Waals surface area contributed by atoms with Crippen molar-refractivity contribution in [2.75, 3.05) is 5.73 Å². The van der Waals surface area contributed by atoms with Crippen LogP contribution in [0.25, 0.3) is 5.52 Å². The number of fused-ring (bicyclic) bond motifs is 1. The summed E-state index contributed by atoms with van der Waals surface area (Å²) in [6.45, 7) is 0. The highest BCUT2D eigenvalue weighted by Crippen LogP contribution is 2.21. The van der Waals surface area contributed by atoms with Crippen molar-refractivity contribution >= 4 is 28.9 Å². The zero-order chi connectivity index (χ0) is 11.0. The van der Waals surface area contributed by atoms with Crippen molar-refractivity contribution in [3.8, 4) is 0 Å². The number of nitrogen functional groups attached to an aromatic ring is 1. The van der Waals surface area contributed by atoms with Gasteiger partial charge in [0.05, 0.1) is 5.52 Å². The maximum atomic E-state index is 10.6. The van der Waals surface area contributed by atoms with E-state index in [1.165, 1.54) is 4.40 Å². The summed E-state index contributed by atoms with van der Waals surface area (Å²) < 4.78 is 1.54. The van der Waals surface area contributed by atoms with Crippen LogP contribution in [-0.4, -0.2) is 20.5 Å². The number of halogens is 1. The Hall–Kier alpha value is -1.75. The van der Waals surface area contributed by atoms with Gasteiger partial charge in [-0.25, -0.2) is 4.98 Å². The average Bonchev–Trinajstić information content (AvgIpc) is 2.44. The Morgan fingerprint density at radius 2 is 2.33 bits per heavy atom. The normalized spacial score (nSPS) is 10.7. The third-order valence-corrected chi connectivity index (χ3v) is 2.30. The SMILES string of the molecule is Nc1cccc2c(Cl)nc(CC(=O)O)n12. The second kappa shape index (κ2) is 3.43. The molecule has 6 heteroatoms. The van der Waals surface area contributed by atoms with Crippen LogP contribution in [0.2, 0.25) is 5.15 Å². The Balaban J connectivity index is 2.70. The van der Waals surface area contributed by atoms with E-state index >= 15 is 0 Å². The van der Waals surface area contributed by atoms with Crippen molar-refractivity contribution in [3.05, 3.63) is 29.2 Å². The van der Waals surface area contributed by atoms with Crippen LogP contribution in [0.3, 0.4) is 0 Å². The van der Waals surface area contributed by atoms with E-state index in [1.807, 2.05) is 0 Å². The Kier molecular flexibility index (Phi) is 2.24. The second-order valence-electron chi connectivity index (χ2n) is 3.06. The fraction of sp³-hybridized carbons (Fsp3) is 0.111. The van der Waals surface area contributed by atoms with Gasteiger partial charge in [0, 0.05) is 0 Å². The first kappa shape index (κ1) is 9.79. The first-order chi connectivity index (χ1) is 7.09.